The summed E-state index contributed by atoms with van der Waals surface area (Å²) in [4.78, 5) is 10.4. The molecule has 4 heteroatoms. The Labute approximate surface area is 93.9 Å². The van der Waals surface area contributed by atoms with E-state index in [4.69, 9.17) is 5.11 Å². The first-order chi connectivity index (χ1) is 6.22. The average Bonchev–Trinajstić information content (AvgIpc) is 2.08. The number of rotatable bonds is 4. The second kappa shape index (κ2) is 6.43. The summed E-state index contributed by atoms with van der Waals surface area (Å²) < 4.78 is 0. The number of carbonyl (C=O) groups is 1. The smallest absolute Gasteiger partial charge is 0.307 e. The maximum Gasteiger partial charge on any atom is 0.307 e. The third-order valence-electron chi connectivity index (χ3n) is 1.69. The van der Waals surface area contributed by atoms with E-state index in [2.05, 4.69) is 5.32 Å². The van der Waals surface area contributed by atoms with Gasteiger partial charge >= 0.3 is 5.97 Å². The van der Waals surface area contributed by atoms with Crippen molar-refractivity contribution < 1.29 is 9.90 Å². The van der Waals surface area contributed by atoms with Gasteiger partial charge in [-0.1, -0.05) is 12.1 Å². The van der Waals surface area contributed by atoms with E-state index in [-0.39, 0.29) is 23.4 Å². The molecule has 1 rings (SSSR count). The molecule has 0 saturated heterocycles. The van der Waals surface area contributed by atoms with Gasteiger partial charge in [0, 0.05) is 12.2 Å². The van der Waals surface area contributed by atoms with Gasteiger partial charge in [-0.05, 0) is 24.6 Å². The maximum absolute atomic E-state index is 10.4. The van der Waals surface area contributed by atoms with Gasteiger partial charge < -0.3 is 10.4 Å². The van der Waals surface area contributed by atoms with Crippen molar-refractivity contribution in [2.75, 3.05) is 11.9 Å². The number of aliphatic carboxylic acids is 1. The van der Waals surface area contributed by atoms with Crippen LogP contribution in [0.5, 0.6) is 0 Å². The molecule has 0 aromatic heterocycles. The van der Waals surface area contributed by atoms with Crippen LogP contribution in [0.3, 0.4) is 0 Å². The topological polar surface area (TPSA) is 49.3 Å². The van der Waals surface area contributed by atoms with Crippen LogP contribution in [0.25, 0.3) is 0 Å². The molecule has 0 aliphatic carbocycles. The molecule has 0 aliphatic rings. The van der Waals surface area contributed by atoms with Crippen LogP contribution in [0.2, 0.25) is 0 Å². The van der Waals surface area contributed by atoms with E-state index in [1.807, 2.05) is 31.2 Å². The summed E-state index contributed by atoms with van der Waals surface area (Å²) in [5.74, 6) is -0.795. The van der Waals surface area contributed by atoms with E-state index >= 15 is 0 Å². The lowest BCUT2D eigenvalue weighted by molar-refractivity contribution is -0.136. The van der Waals surface area contributed by atoms with E-state index in [9.17, 15) is 4.79 Å². The number of halogens is 1. The summed E-state index contributed by atoms with van der Waals surface area (Å²) in [6.45, 7) is 2.89. The van der Waals surface area contributed by atoms with Gasteiger partial charge in [0.15, 0.2) is 0 Å². The molecule has 0 amide bonds. The Morgan fingerprint density at radius 3 is 2.36 bits per heavy atom. The molecule has 0 radical (unpaired) electrons. The molecule has 0 saturated carbocycles. The van der Waals surface area contributed by atoms with Crippen LogP contribution in [0.15, 0.2) is 24.3 Å². The van der Waals surface area contributed by atoms with E-state index in [0.717, 1.165) is 17.8 Å². The zero-order valence-corrected chi connectivity index (χ0v) is 9.70. The van der Waals surface area contributed by atoms with Crippen molar-refractivity contribution in [3.05, 3.63) is 29.8 Å². The molecule has 0 heterocycles. The summed E-state index contributed by atoms with van der Waals surface area (Å²) in [6.07, 6.45) is 0.0897. The minimum atomic E-state index is -0.795. The molecule has 0 atom stereocenters. The van der Waals surface area contributed by atoms with Crippen LogP contribution in [-0.4, -0.2) is 17.6 Å². The van der Waals surface area contributed by atoms with Crippen molar-refractivity contribution in [2.45, 2.75) is 13.3 Å². The number of hydrogen-bond donors (Lipinski definition) is 2. The highest BCUT2D eigenvalue weighted by molar-refractivity contribution is 8.93. The van der Waals surface area contributed by atoms with Crippen LogP contribution in [0.4, 0.5) is 5.69 Å². The Morgan fingerprint density at radius 1 is 1.36 bits per heavy atom. The van der Waals surface area contributed by atoms with E-state index < -0.39 is 5.97 Å². The van der Waals surface area contributed by atoms with Gasteiger partial charge in [0.1, 0.15) is 0 Å². The predicted molar refractivity (Wildman–Crippen MR) is 62.3 cm³/mol. The Morgan fingerprint density at radius 2 is 1.93 bits per heavy atom. The van der Waals surface area contributed by atoms with Gasteiger partial charge in [0.2, 0.25) is 0 Å². The molecule has 0 unspecified atom stereocenters. The fourth-order valence-electron chi connectivity index (χ4n) is 1.12. The van der Waals surface area contributed by atoms with E-state index in [0.29, 0.717) is 0 Å². The van der Waals surface area contributed by atoms with Crippen LogP contribution >= 0.6 is 17.0 Å². The molecular formula is C10H14BrNO2. The number of anilines is 1. The second-order valence-electron chi connectivity index (χ2n) is 2.80. The average molecular weight is 260 g/mol. The molecule has 14 heavy (non-hydrogen) atoms. The summed E-state index contributed by atoms with van der Waals surface area (Å²) in [5, 5.41) is 11.7. The van der Waals surface area contributed by atoms with Crippen LogP contribution in [0, 0.1) is 0 Å². The Balaban J connectivity index is 0.00000169. The first-order valence-electron chi connectivity index (χ1n) is 4.27. The Bertz CT molecular complexity index is 285. The zero-order chi connectivity index (χ0) is 9.68. The zero-order valence-electron chi connectivity index (χ0n) is 7.99. The highest BCUT2D eigenvalue weighted by atomic mass is 79.9. The monoisotopic (exact) mass is 259 g/mol. The van der Waals surface area contributed by atoms with E-state index in [1.54, 1.807) is 0 Å². The largest absolute Gasteiger partial charge is 0.481 e. The van der Waals surface area contributed by atoms with Crippen molar-refractivity contribution in [1.29, 1.82) is 0 Å². The first kappa shape index (κ1) is 13.0. The van der Waals surface area contributed by atoms with Crippen molar-refractivity contribution >= 4 is 28.6 Å². The Hall–Kier alpha value is -1.03. The summed E-state index contributed by atoms with van der Waals surface area (Å²) in [7, 11) is 0. The number of carboxylic acids is 1. The van der Waals surface area contributed by atoms with E-state index in [1.165, 1.54) is 0 Å². The molecule has 1 aromatic rings. The number of benzene rings is 1. The van der Waals surface area contributed by atoms with Gasteiger partial charge in [-0.3, -0.25) is 4.79 Å². The molecule has 0 spiro atoms. The highest BCUT2D eigenvalue weighted by Crippen LogP contribution is 2.09. The summed E-state index contributed by atoms with van der Waals surface area (Å²) >= 11 is 0. The van der Waals surface area contributed by atoms with Gasteiger partial charge in [0.05, 0.1) is 6.42 Å². The number of carboxylic acid groups (broad SMARTS) is 1. The lowest BCUT2D eigenvalue weighted by Crippen LogP contribution is -2.00. The van der Waals surface area contributed by atoms with Crippen molar-refractivity contribution in [3.63, 3.8) is 0 Å². The molecule has 0 bridgehead atoms. The van der Waals surface area contributed by atoms with Crippen molar-refractivity contribution in [2.24, 2.45) is 0 Å². The van der Waals surface area contributed by atoms with Crippen LogP contribution in [-0.2, 0) is 11.2 Å². The number of hydrogen-bond acceptors (Lipinski definition) is 2. The van der Waals surface area contributed by atoms with Crippen LogP contribution in [0.1, 0.15) is 12.5 Å². The molecule has 2 N–H and O–H groups in total. The van der Waals surface area contributed by atoms with Gasteiger partial charge in [-0.25, -0.2) is 0 Å². The normalized spacial score (nSPS) is 8.93. The second-order valence-corrected chi connectivity index (χ2v) is 2.80. The van der Waals surface area contributed by atoms with Crippen molar-refractivity contribution in [3.8, 4) is 0 Å². The molecular weight excluding hydrogens is 246 g/mol. The van der Waals surface area contributed by atoms with Gasteiger partial charge in [-0.15, -0.1) is 17.0 Å². The fraction of sp³-hybridized carbons (Fsp3) is 0.300. The summed E-state index contributed by atoms with van der Waals surface area (Å²) in [5.41, 5.74) is 1.85. The maximum atomic E-state index is 10.4. The molecule has 3 nitrogen and oxygen atoms in total. The Kier molecular flexibility index (Phi) is 5.95. The predicted octanol–water partition coefficient (Wildman–Crippen LogP) is 2.32. The molecule has 0 aliphatic heterocycles. The third kappa shape index (κ3) is 4.28. The summed E-state index contributed by atoms with van der Waals surface area (Å²) in [6, 6.07) is 7.43. The highest BCUT2D eigenvalue weighted by Gasteiger charge is 1.99. The molecule has 1 aromatic carbocycles. The minimum absolute atomic E-state index is 0. The molecule has 78 valence electrons. The first-order valence-corrected chi connectivity index (χ1v) is 4.27. The quantitative estimate of drug-likeness (QED) is 0.873. The fourth-order valence-corrected chi connectivity index (χ4v) is 1.12. The van der Waals surface area contributed by atoms with Gasteiger partial charge in [-0.2, -0.15) is 0 Å². The van der Waals surface area contributed by atoms with Crippen molar-refractivity contribution in [1.82, 2.24) is 0 Å². The third-order valence-corrected chi connectivity index (χ3v) is 1.69. The number of nitrogens with one attached hydrogen (secondary N) is 1. The van der Waals surface area contributed by atoms with Gasteiger partial charge in [0.25, 0.3) is 0 Å². The SMILES string of the molecule is Br.CCNc1ccc(CC(=O)O)cc1. The van der Waals surface area contributed by atoms with Crippen LogP contribution < -0.4 is 5.32 Å². The lowest BCUT2D eigenvalue weighted by atomic mass is 10.1. The lowest BCUT2D eigenvalue weighted by Gasteiger charge is -2.03. The standard InChI is InChI=1S/C10H13NO2.BrH/c1-2-11-9-5-3-8(4-6-9)7-10(12)13;/h3-6,11H,2,7H2,1H3,(H,12,13);1H. The minimum Gasteiger partial charge on any atom is -0.481 e. The molecule has 0 fully saturated rings.